The Kier molecular flexibility index (Phi) is 4.06. The summed E-state index contributed by atoms with van der Waals surface area (Å²) >= 11 is 5.60. The fourth-order valence-electron chi connectivity index (χ4n) is 1.07. The molecule has 0 aromatic carbocycles. The highest BCUT2D eigenvalue weighted by Gasteiger charge is 2.13. The van der Waals surface area contributed by atoms with Gasteiger partial charge in [-0.2, -0.15) is 0 Å². The lowest BCUT2D eigenvalue weighted by molar-refractivity contribution is -0.120. The van der Waals surface area contributed by atoms with Crippen molar-refractivity contribution in [3.8, 4) is 0 Å². The Morgan fingerprint density at radius 2 is 2.19 bits per heavy atom. The molecule has 1 amide bonds. The number of carbonyl (C=O) groups excluding carboxylic acids is 1. The van der Waals surface area contributed by atoms with Gasteiger partial charge in [0.1, 0.15) is 5.82 Å². The van der Waals surface area contributed by atoms with Gasteiger partial charge in [-0.05, 0) is 38.4 Å². The maximum absolute atomic E-state index is 11.5. The molecule has 1 aromatic rings. The van der Waals surface area contributed by atoms with Gasteiger partial charge >= 0.3 is 0 Å². The fraction of sp³-hybridized carbons (Fsp3) is 0.500. The van der Waals surface area contributed by atoms with Gasteiger partial charge in [0.15, 0.2) is 0 Å². The second kappa shape index (κ2) is 5.12. The van der Waals surface area contributed by atoms with E-state index in [-0.39, 0.29) is 23.3 Å². The van der Waals surface area contributed by atoms with Crippen molar-refractivity contribution in [3.63, 3.8) is 0 Å². The van der Waals surface area contributed by atoms with E-state index >= 15 is 0 Å². The van der Waals surface area contributed by atoms with Crippen LogP contribution in [0, 0.1) is 0 Å². The summed E-state index contributed by atoms with van der Waals surface area (Å²) in [6.07, 6.45) is 1.53. The Balaban J connectivity index is 2.43. The third-order valence-electron chi connectivity index (χ3n) is 1.57. The van der Waals surface area contributed by atoms with Crippen molar-refractivity contribution in [1.82, 2.24) is 15.3 Å². The molecular weight excluding hydrogens is 228 g/mol. The summed E-state index contributed by atoms with van der Waals surface area (Å²) in [5.74, 6) is 0.436. The summed E-state index contributed by atoms with van der Waals surface area (Å²) in [7, 11) is 0. The Hall–Kier alpha value is -1.36. The molecule has 5 nitrogen and oxygen atoms in total. The predicted molar refractivity (Wildman–Crippen MR) is 63.4 cm³/mol. The molecule has 0 aliphatic carbocycles. The summed E-state index contributed by atoms with van der Waals surface area (Å²) in [5, 5.41) is 5.84. The van der Waals surface area contributed by atoms with E-state index in [0.29, 0.717) is 5.82 Å². The number of hydrogen-bond acceptors (Lipinski definition) is 4. The quantitative estimate of drug-likeness (QED) is 0.788. The van der Waals surface area contributed by atoms with Gasteiger partial charge in [0.05, 0.1) is 6.54 Å². The maximum atomic E-state index is 11.5. The van der Waals surface area contributed by atoms with Crippen LogP contribution in [0.25, 0.3) is 0 Å². The normalized spacial score (nSPS) is 11.0. The van der Waals surface area contributed by atoms with Crippen LogP contribution < -0.4 is 10.6 Å². The van der Waals surface area contributed by atoms with E-state index in [9.17, 15) is 4.79 Å². The van der Waals surface area contributed by atoms with Crippen molar-refractivity contribution in [2.75, 3.05) is 11.9 Å². The summed E-state index contributed by atoms with van der Waals surface area (Å²) in [5.41, 5.74) is -0.234. The standard InChI is InChI=1S/C10H15ClN4O/c1-10(2,3)15-8(16)6-13-7-4-5-12-9(11)14-7/h4-5H,6H2,1-3H3,(H,15,16)(H,12,13,14). The zero-order valence-electron chi connectivity index (χ0n) is 9.54. The van der Waals surface area contributed by atoms with Crippen molar-refractivity contribution < 1.29 is 4.79 Å². The minimum atomic E-state index is -0.234. The van der Waals surface area contributed by atoms with E-state index in [2.05, 4.69) is 20.6 Å². The molecule has 16 heavy (non-hydrogen) atoms. The Labute approximate surface area is 99.6 Å². The van der Waals surface area contributed by atoms with E-state index in [1.807, 2.05) is 20.8 Å². The highest BCUT2D eigenvalue weighted by Crippen LogP contribution is 2.05. The molecule has 0 aliphatic rings. The minimum absolute atomic E-state index is 0.0952. The number of amides is 1. The molecule has 0 spiro atoms. The van der Waals surface area contributed by atoms with Crippen LogP contribution in [0.5, 0.6) is 0 Å². The summed E-state index contributed by atoms with van der Waals surface area (Å²) in [6.45, 7) is 5.93. The molecule has 0 aliphatic heterocycles. The monoisotopic (exact) mass is 242 g/mol. The highest BCUT2D eigenvalue weighted by molar-refractivity contribution is 6.28. The van der Waals surface area contributed by atoms with Crippen LogP contribution in [0.15, 0.2) is 12.3 Å². The predicted octanol–water partition coefficient (Wildman–Crippen LogP) is 1.46. The van der Waals surface area contributed by atoms with Crippen LogP contribution in [-0.2, 0) is 4.79 Å². The SMILES string of the molecule is CC(C)(C)NC(=O)CNc1ccnc(Cl)n1. The average molecular weight is 243 g/mol. The Bertz CT molecular complexity index is 375. The fourth-order valence-corrected chi connectivity index (χ4v) is 1.21. The number of halogens is 1. The van der Waals surface area contributed by atoms with E-state index < -0.39 is 0 Å². The minimum Gasteiger partial charge on any atom is -0.361 e. The van der Waals surface area contributed by atoms with Crippen LogP contribution in [0.3, 0.4) is 0 Å². The number of hydrogen-bond donors (Lipinski definition) is 2. The van der Waals surface area contributed by atoms with Crippen molar-refractivity contribution in [3.05, 3.63) is 17.5 Å². The molecule has 6 heteroatoms. The molecule has 0 saturated heterocycles. The molecule has 0 radical (unpaired) electrons. The lowest BCUT2D eigenvalue weighted by atomic mass is 10.1. The van der Waals surface area contributed by atoms with Crippen molar-refractivity contribution >= 4 is 23.3 Å². The second-order valence-electron chi connectivity index (χ2n) is 4.36. The zero-order valence-corrected chi connectivity index (χ0v) is 10.3. The lowest BCUT2D eigenvalue weighted by Crippen LogP contribution is -2.43. The number of aromatic nitrogens is 2. The molecular formula is C10H15ClN4O. The van der Waals surface area contributed by atoms with Crippen LogP contribution in [0.1, 0.15) is 20.8 Å². The number of anilines is 1. The molecule has 88 valence electrons. The first kappa shape index (κ1) is 12.7. The zero-order chi connectivity index (χ0) is 12.2. The third-order valence-corrected chi connectivity index (χ3v) is 1.75. The third kappa shape index (κ3) is 4.93. The van der Waals surface area contributed by atoms with Gasteiger partial charge < -0.3 is 10.6 Å². The van der Waals surface area contributed by atoms with Crippen LogP contribution in [0.2, 0.25) is 5.28 Å². The average Bonchev–Trinajstić information content (AvgIpc) is 2.12. The molecule has 2 N–H and O–H groups in total. The number of nitrogens with zero attached hydrogens (tertiary/aromatic N) is 2. The maximum Gasteiger partial charge on any atom is 0.239 e. The first-order valence-corrected chi connectivity index (χ1v) is 5.28. The van der Waals surface area contributed by atoms with E-state index in [0.717, 1.165) is 0 Å². The van der Waals surface area contributed by atoms with Crippen LogP contribution in [0.4, 0.5) is 5.82 Å². The van der Waals surface area contributed by atoms with Crippen LogP contribution in [-0.4, -0.2) is 28.0 Å². The van der Waals surface area contributed by atoms with Crippen LogP contribution >= 0.6 is 11.6 Å². The van der Waals surface area contributed by atoms with Crippen molar-refractivity contribution in [2.24, 2.45) is 0 Å². The van der Waals surface area contributed by atoms with E-state index in [4.69, 9.17) is 11.6 Å². The lowest BCUT2D eigenvalue weighted by Gasteiger charge is -2.20. The van der Waals surface area contributed by atoms with Gasteiger partial charge in [-0.3, -0.25) is 4.79 Å². The number of nitrogens with one attached hydrogen (secondary N) is 2. The Morgan fingerprint density at radius 1 is 1.50 bits per heavy atom. The molecule has 1 aromatic heterocycles. The molecule has 0 unspecified atom stereocenters. The Morgan fingerprint density at radius 3 is 2.75 bits per heavy atom. The summed E-state index contributed by atoms with van der Waals surface area (Å²) in [6, 6.07) is 1.65. The first-order valence-electron chi connectivity index (χ1n) is 4.90. The molecule has 1 heterocycles. The largest absolute Gasteiger partial charge is 0.361 e. The molecule has 1 rings (SSSR count). The van der Waals surface area contributed by atoms with E-state index in [1.54, 1.807) is 6.07 Å². The molecule has 0 fully saturated rings. The number of carbonyl (C=O) groups is 1. The number of rotatable bonds is 3. The highest BCUT2D eigenvalue weighted by atomic mass is 35.5. The van der Waals surface area contributed by atoms with Gasteiger partial charge in [-0.25, -0.2) is 9.97 Å². The summed E-state index contributed by atoms with van der Waals surface area (Å²) < 4.78 is 0. The molecule has 0 atom stereocenters. The molecule has 0 saturated carbocycles. The van der Waals surface area contributed by atoms with Gasteiger partial charge in [-0.15, -0.1) is 0 Å². The second-order valence-corrected chi connectivity index (χ2v) is 4.70. The first-order chi connectivity index (χ1) is 7.37. The topological polar surface area (TPSA) is 66.9 Å². The van der Waals surface area contributed by atoms with Crippen molar-refractivity contribution in [2.45, 2.75) is 26.3 Å². The van der Waals surface area contributed by atoms with Gasteiger partial charge in [0.2, 0.25) is 11.2 Å². The van der Waals surface area contributed by atoms with Crippen molar-refractivity contribution in [1.29, 1.82) is 0 Å². The van der Waals surface area contributed by atoms with Gasteiger partial charge in [-0.1, -0.05) is 0 Å². The van der Waals surface area contributed by atoms with E-state index in [1.165, 1.54) is 6.20 Å². The molecule has 0 bridgehead atoms. The van der Waals surface area contributed by atoms with Gasteiger partial charge in [0.25, 0.3) is 0 Å². The smallest absolute Gasteiger partial charge is 0.239 e. The van der Waals surface area contributed by atoms with Gasteiger partial charge in [0, 0.05) is 11.7 Å². The summed E-state index contributed by atoms with van der Waals surface area (Å²) in [4.78, 5) is 19.1.